The Morgan fingerprint density at radius 3 is 3.00 bits per heavy atom. The summed E-state index contributed by atoms with van der Waals surface area (Å²) in [6.45, 7) is 13.3. The topological polar surface area (TPSA) is 24.5 Å². The molecule has 0 aromatic heterocycles. The van der Waals surface area contributed by atoms with E-state index in [1.165, 1.54) is 26.2 Å². The molecular formula is C12H26N2O. The number of rotatable bonds is 5. The van der Waals surface area contributed by atoms with Crippen LogP contribution in [0.15, 0.2) is 0 Å². The fourth-order valence-electron chi connectivity index (χ4n) is 1.99. The second kappa shape index (κ2) is 7.20. The molecule has 0 aromatic rings. The normalized spacial score (nSPS) is 24.4. The van der Waals surface area contributed by atoms with Crippen LogP contribution in [0.2, 0.25) is 0 Å². The Morgan fingerprint density at radius 2 is 2.27 bits per heavy atom. The highest BCUT2D eigenvalue weighted by molar-refractivity contribution is 4.70. The number of ether oxygens (including phenoxy) is 1. The molecule has 1 aliphatic rings. The summed E-state index contributed by atoms with van der Waals surface area (Å²) < 4.78 is 5.55. The zero-order valence-corrected chi connectivity index (χ0v) is 10.5. The average molecular weight is 214 g/mol. The molecular weight excluding hydrogens is 188 g/mol. The predicted octanol–water partition coefficient (Wildman–Crippen LogP) is 1.34. The van der Waals surface area contributed by atoms with Gasteiger partial charge < -0.3 is 15.0 Å². The molecule has 0 aromatic carbocycles. The quantitative estimate of drug-likeness (QED) is 0.699. The van der Waals surface area contributed by atoms with Crippen LogP contribution in [0.4, 0.5) is 0 Å². The summed E-state index contributed by atoms with van der Waals surface area (Å²) in [6, 6.07) is 0. The molecule has 1 unspecified atom stereocenters. The van der Waals surface area contributed by atoms with E-state index in [1.54, 1.807) is 0 Å². The molecule has 1 aliphatic heterocycles. The Bertz CT molecular complexity index is 162. The van der Waals surface area contributed by atoms with Crippen LogP contribution in [0.25, 0.3) is 0 Å². The lowest BCUT2D eigenvalue weighted by atomic mass is 10.2. The lowest BCUT2D eigenvalue weighted by Crippen LogP contribution is -2.31. The molecule has 0 amide bonds. The summed E-state index contributed by atoms with van der Waals surface area (Å²) in [7, 11) is 0. The first-order valence-corrected chi connectivity index (χ1v) is 6.23. The Labute approximate surface area is 94.2 Å². The van der Waals surface area contributed by atoms with Gasteiger partial charge in [-0.3, -0.25) is 0 Å². The lowest BCUT2D eigenvalue weighted by molar-refractivity contribution is 0.0703. The van der Waals surface area contributed by atoms with Gasteiger partial charge in [-0.05, 0) is 32.7 Å². The molecule has 1 fully saturated rings. The molecule has 0 aliphatic carbocycles. The van der Waals surface area contributed by atoms with E-state index < -0.39 is 0 Å². The summed E-state index contributed by atoms with van der Waals surface area (Å²) in [4.78, 5) is 2.55. The summed E-state index contributed by atoms with van der Waals surface area (Å²) in [6.07, 6.45) is 1.53. The van der Waals surface area contributed by atoms with Crippen LogP contribution in [-0.2, 0) is 4.74 Å². The fourth-order valence-corrected chi connectivity index (χ4v) is 1.99. The van der Waals surface area contributed by atoms with Crippen LogP contribution < -0.4 is 5.32 Å². The van der Waals surface area contributed by atoms with Gasteiger partial charge in [-0.2, -0.15) is 0 Å². The van der Waals surface area contributed by atoms with Gasteiger partial charge in [0.1, 0.15) is 0 Å². The number of nitrogens with zero attached hydrogens (tertiary/aromatic N) is 1. The molecule has 1 rings (SSSR count). The first-order chi connectivity index (χ1) is 7.18. The van der Waals surface area contributed by atoms with Gasteiger partial charge >= 0.3 is 0 Å². The molecule has 0 bridgehead atoms. The van der Waals surface area contributed by atoms with Gasteiger partial charge in [-0.1, -0.05) is 6.92 Å². The van der Waals surface area contributed by atoms with Gasteiger partial charge in [0.25, 0.3) is 0 Å². The van der Waals surface area contributed by atoms with E-state index >= 15 is 0 Å². The van der Waals surface area contributed by atoms with Crippen LogP contribution in [-0.4, -0.2) is 50.3 Å². The van der Waals surface area contributed by atoms with E-state index in [2.05, 4.69) is 31.0 Å². The maximum Gasteiger partial charge on any atom is 0.0518 e. The van der Waals surface area contributed by atoms with E-state index in [1.807, 2.05) is 0 Å². The van der Waals surface area contributed by atoms with E-state index in [0.717, 1.165) is 25.5 Å². The zero-order valence-electron chi connectivity index (χ0n) is 10.5. The maximum absolute atomic E-state index is 5.55. The summed E-state index contributed by atoms with van der Waals surface area (Å²) in [5, 5.41) is 3.46. The monoisotopic (exact) mass is 214 g/mol. The molecule has 1 heterocycles. The van der Waals surface area contributed by atoms with Crippen molar-refractivity contribution in [3.63, 3.8) is 0 Å². The minimum Gasteiger partial charge on any atom is -0.379 e. The molecule has 1 saturated heterocycles. The van der Waals surface area contributed by atoms with Crippen molar-refractivity contribution in [2.24, 2.45) is 5.92 Å². The van der Waals surface area contributed by atoms with Crippen molar-refractivity contribution in [3.8, 4) is 0 Å². The summed E-state index contributed by atoms with van der Waals surface area (Å²) in [5.41, 5.74) is 0. The van der Waals surface area contributed by atoms with Crippen molar-refractivity contribution in [2.45, 2.75) is 33.3 Å². The fraction of sp³-hybridized carbons (Fsp3) is 1.00. The van der Waals surface area contributed by atoms with E-state index in [0.29, 0.717) is 6.10 Å². The largest absolute Gasteiger partial charge is 0.379 e. The van der Waals surface area contributed by atoms with Gasteiger partial charge in [0.15, 0.2) is 0 Å². The first kappa shape index (κ1) is 12.9. The molecule has 3 nitrogen and oxygen atoms in total. The van der Waals surface area contributed by atoms with Crippen LogP contribution in [0.3, 0.4) is 0 Å². The summed E-state index contributed by atoms with van der Waals surface area (Å²) >= 11 is 0. The highest BCUT2D eigenvalue weighted by Gasteiger charge is 2.13. The van der Waals surface area contributed by atoms with Crippen molar-refractivity contribution in [2.75, 3.05) is 39.3 Å². The summed E-state index contributed by atoms with van der Waals surface area (Å²) in [5.74, 6) is 0.776. The van der Waals surface area contributed by atoms with Gasteiger partial charge in [-0.15, -0.1) is 0 Å². The van der Waals surface area contributed by atoms with Crippen LogP contribution in [0.5, 0.6) is 0 Å². The smallest absolute Gasteiger partial charge is 0.0518 e. The Morgan fingerprint density at radius 1 is 1.47 bits per heavy atom. The van der Waals surface area contributed by atoms with E-state index in [4.69, 9.17) is 4.74 Å². The van der Waals surface area contributed by atoms with Crippen LogP contribution in [0, 0.1) is 5.92 Å². The molecule has 1 N–H and O–H groups in total. The Hall–Kier alpha value is -0.120. The molecule has 15 heavy (non-hydrogen) atoms. The molecule has 1 atom stereocenters. The predicted molar refractivity (Wildman–Crippen MR) is 64.2 cm³/mol. The molecule has 0 saturated carbocycles. The highest BCUT2D eigenvalue weighted by atomic mass is 16.5. The van der Waals surface area contributed by atoms with E-state index in [9.17, 15) is 0 Å². The first-order valence-electron chi connectivity index (χ1n) is 6.23. The SMILES string of the molecule is CC1CNCCN(CCCOC(C)C)C1. The van der Waals surface area contributed by atoms with Crippen LogP contribution in [0.1, 0.15) is 27.2 Å². The third-order valence-corrected chi connectivity index (χ3v) is 2.74. The average Bonchev–Trinajstić information content (AvgIpc) is 2.37. The van der Waals surface area contributed by atoms with Crippen LogP contribution >= 0.6 is 0 Å². The third kappa shape index (κ3) is 6.13. The van der Waals surface area contributed by atoms with Gasteiger partial charge in [0, 0.05) is 32.8 Å². The minimum atomic E-state index is 0.370. The van der Waals surface area contributed by atoms with Crippen molar-refractivity contribution in [1.82, 2.24) is 10.2 Å². The second-order valence-electron chi connectivity index (χ2n) is 4.88. The van der Waals surface area contributed by atoms with E-state index in [-0.39, 0.29) is 0 Å². The van der Waals surface area contributed by atoms with Crippen molar-refractivity contribution in [3.05, 3.63) is 0 Å². The van der Waals surface area contributed by atoms with Crippen molar-refractivity contribution >= 4 is 0 Å². The highest BCUT2D eigenvalue weighted by Crippen LogP contribution is 2.03. The molecule has 3 heteroatoms. The molecule has 0 radical (unpaired) electrons. The zero-order chi connectivity index (χ0) is 11.1. The standard InChI is InChI=1S/C12H26N2O/c1-11(2)15-8-4-6-14-7-5-13-9-12(3)10-14/h11-13H,4-10H2,1-3H3. The molecule has 90 valence electrons. The number of hydrogen-bond acceptors (Lipinski definition) is 3. The third-order valence-electron chi connectivity index (χ3n) is 2.74. The van der Waals surface area contributed by atoms with Gasteiger partial charge in [0.05, 0.1) is 6.10 Å². The van der Waals surface area contributed by atoms with Gasteiger partial charge in [-0.25, -0.2) is 0 Å². The maximum atomic E-state index is 5.55. The Balaban J connectivity index is 2.08. The molecule has 0 spiro atoms. The van der Waals surface area contributed by atoms with Crippen molar-refractivity contribution < 1.29 is 4.74 Å². The van der Waals surface area contributed by atoms with Crippen molar-refractivity contribution in [1.29, 1.82) is 0 Å². The number of hydrogen-bond donors (Lipinski definition) is 1. The lowest BCUT2D eigenvalue weighted by Gasteiger charge is -2.21. The number of nitrogens with one attached hydrogen (secondary N) is 1. The Kier molecular flexibility index (Phi) is 6.22. The second-order valence-corrected chi connectivity index (χ2v) is 4.88. The minimum absolute atomic E-state index is 0.370. The van der Waals surface area contributed by atoms with Gasteiger partial charge in [0.2, 0.25) is 0 Å².